The highest BCUT2D eigenvalue weighted by molar-refractivity contribution is 7.17. The minimum atomic E-state index is -0.820. The lowest BCUT2D eigenvalue weighted by Crippen LogP contribution is -2.18. The van der Waals surface area contributed by atoms with E-state index in [1.54, 1.807) is 6.92 Å². The van der Waals surface area contributed by atoms with Crippen LogP contribution in [-0.4, -0.2) is 18.5 Å². The molecule has 0 fully saturated rings. The van der Waals surface area contributed by atoms with Crippen LogP contribution >= 0.6 is 11.3 Å². The van der Waals surface area contributed by atoms with Gasteiger partial charge in [0.25, 0.3) is 5.91 Å². The van der Waals surface area contributed by atoms with Gasteiger partial charge in [-0.25, -0.2) is 13.6 Å². The van der Waals surface area contributed by atoms with Crippen LogP contribution in [0.5, 0.6) is 0 Å². The van der Waals surface area contributed by atoms with Gasteiger partial charge in [-0.05, 0) is 55.9 Å². The molecule has 0 bridgehead atoms. The van der Waals surface area contributed by atoms with Crippen molar-refractivity contribution in [3.8, 4) is 0 Å². The summed E-state index contributed by atoms with van der Waals surface area (Å²) >= 11 is 1.32. The molecule has 144 valence electrons. The molecule has 0 saturated heterocycles. The Morgan fingerprint density at radius 2 is 2.07 bits per heavy atom. The lowest BCUT2D eigenvalue weighted by Gasteiger charge is -2.20. The Morgan fingerprint density at radius 1 is 1.30 bits per heavy atom. The van der Waals surface area contributed by atoms with Crippen LogP contribution in [0.3, 0.4) is 0 Å². The van der Waals surface area contributed by atoms with Gasteiger partial charge in [0.15, 0.2) is 0 Å². The van der Waals surface area contributed by atoms with Crippen molar-refractivity contribution < 1.29 is 23.1 Å². The van der Waals surface area contributed by atoms with Gasteiger partial charge in [-0.1, -0.05) is 13.3 Å². The number of fused-ring (bicyclic) bond motifs is 1. The van der Waals surface area contributed by atoms with Gasteiger partial charge < -0.3 is 10.1 Å². The summed E-state index contributed by atoms with van der Waals surface area (Å²) in [5, 5.41) is 2.93. The van der Waals surface area contributed by atoms with E-state index in [0.717, 1.165) is 54.3 Å². The van der Waals surface area contributed by atoms with Gasteiger partial charge in [-0.2, -0.15) is 0 Å². The number of carbonyl (C=O) groups is 2. The third-order valence-electron chi connectivity index (χ3n) is 4.82. The Kier molecular flexibility index (Phi) is 5.89. The Labute approximate surface area is 160 Å². The van der Waals surface area contributed by atoms with E-state index in [2.05, 4.69) is 12.2 Å². The molecule has 1 heterocycles. The highest BCUT2D eigenvalue weighted by Crippen LogP contribution is 2.41. The fraction of sp³-hybridized carbons (Fsp3) is 0.400. The van der Waals surface area contributed by atoms with E-state index in [4.69, 9.17) is 4.74 Å². The summed E-state index contributed by atoms with van der Waals surface area (Å²) in [4.78, 5) is 26.0. The number of rotatable bonds is 5. The van der Waals surface area contributed by atoms with E-state index in [9.17, 15) is 18.4 Å². The van der Waals surface area contributed by atoms with E-state index >= 15 is 0 Å². The second-order valence-corrected chi connectivity index (χ2v) is 7.63. The fourth-order valence-corrected chi connectivity index (χ4v) is 4.70. The van der Waals surface area contributed by atoms with Crippen LogP contribution in [0, 0.1) is 17.6 Å². The second kappa shape index (κ2) is 8.17. The summed E-state index contributed by atoms with van der Waals surface area (Å²) in [6.45, 7) is 4.06. The first-order valence-corrected chi connectivity index (χ1v) is 9.84. The summed E-state index contributed by atoms with van der Waals surface area (Å²) in [7, 11) is 0. The minimum Gasteiger partial charge on any atom is -0.462 e. The predicted octanol–water partition coefficient (Wildman–Crippen LogP) is 4.97. The minimum absolute atomic E-state index is 0.215. The van der Waals surface area contributed by atoms with E-state index < -0.39 is 29.1 Å². The lowest BCUT2D eigenvalue weighted by atomic mass is 9.85. The molecule has 7 heteroatoms. The van der Waals surface area contributed by atoms with Crippen LogP contribution in [0.2, 0.25) is 0 Å². The maximum absolute atomic E-state index is 13.9. The van der Waals surface area contributed by atoms with Crippen LogP contribution in [0.4, 0.5) is 13.8 Å². The first-order chi connectivity index (χ1) is 12.9. The highest BCUT2D eigenvalue weighted by Gasteiger charge is 2.30. The molecule has 27 heavy (non-hydrogen) atoms. The van der Waals surface area contributed by atoms with Crippen molar-refractivity contribution in [1.82, 2.24) is 0 Å². The third kappa shape index (κ3) is 4.03. The normalized spacial score (nSPS) is 15.9. The van der Waals surface area contributed by atoms with Crippen molar-refractivity contribution in [3.63, 3.8) is 0 Å². The number of amides is 1. The molecule has 3 rings (SSSR count). The molecule has 0 radical (unpaired) electrons. The van der Waals surface area contributed by atoms with Gasteiger partial charge in [0.1, 0.15) is 16.6 Å². The van der Waals surface area contributed by atoms with Crippen LogP contribution in [0.15, 0.2) is 18.2 Å². The fourth-order valence-electron chi connectivity index (χ4n) is 3.35. The standard InChI is InChI=1S/C20H21F2NO3S/c1-3-11-5-7-13-16(9-11)27-19(17(13)20(25)26-4-2)23-18(24)14-10-12(21)6-8-15(14)22/h6,8,10-11H,3-5,7,9H2,1-2H3,(H,23,24)/t11-/m1/s1. The predicted molar refractivity (Wildman–Crippen MR) is 100 cm³/mol. The number of thiophene rings is 1. The molecule has 1 aliphatic carbocycles. The Balaban J connectivity index is 1.96. The van der Waals surface area contributed by atoms with Gasteiger partial charge >= 0.3 is 5.97 Å². The van der Waals surface area contributed by atoms with Crippen molar-refractivity contribution in [3.05, 3.63) is 51.4 Å². The molecule has 1 aromatic carbocycles. The van der Waals surface area contributed by atoms with Gasteiger partial charge in [-0.15, -0.1) is 11.3 Å². The summed E-state index contributed by atoms with van der Waals surface area (Å²) in [5.41, 5.74) is 0.845. The smallest absolute Gasteiger partial charge is 0.341 e. The number of hydrogen-bond acceptors (Lipinski definition) is 4. The van der Waals surface area contributed by atoms with Crippen LogP contribution < -0.4 is 5.32 Å². The number of anilines is 1. The quantitative estimate of drug-likeness (QED) is 0.730. The third-order valence-corrected chi connectivity index (χ3v) is 5.99. The molecule has 1 N–H and O–H groups in total. The van der Waals surface area contributed by atoms with Gasteiger partial charge in [0.2, 0.25) is 0 Å². The number of halogens is 2. The molecule has 1 atom stereocenters. The van der Waals surface area contributed by atoms with E-state index in [0.29, 0.717) is 16.5 Å². The molecular weight excluding hydrogens is 372 g/mol. The molecule has 1 aliphatic rings. The zero-order chi connectivity index (χ0) is 19.6. The maximum atomic E-state index is 13.9. The lowest BCUT2D eigenvalue weighted by molar-refractivity contribution is 0.0526. The Morgan fingerprint density at radius 3 is 2.78 bits per heavy atom. The number of esters is 1. The Hall–Kier alpha value is -2.28. The van der Waals surface area contributed by atoms with Crippen molar-refractivity contribution in [2.45, 2.75) is 39.5 Å². The van der Waals surface area contributed by atoms with E-state index in [1.807, 2.05) is 0 Å². The number of ether oxygens (including phenoxy) is 1. The van der Waals surface area contributed by atoms with Crippen molar-refractivity contribution in [1.29, 1.82) is 0 Å². The average molecular weight is 393 g/mol. The molecule has 2 aromatic rings. The SMILES string of the molecule is CCOC(=O)c1c(NC(=O)c2cc(F)ccc2F)sc2c1CC[C@@H](CC)C2. The zero-order valence-electron chi connectivity index (χ0n) is 15.2. The molecule has 4 nitrogen and oxygen atoms in total. The van der Waals surface area contributed by atoms with Crippen molar-refractivity contribution in [2.24, 2.45) is 5.92 Å². The molecule has 1 amide bonds. The van der Waals surface area contributed by atoms with Crippen LogP contribution in [-0.2, 0) is 17.6 Å². The summed E-state index contributed by atoms with van der Waals surface area (Å²) < 4.78 is 32.5. The number of hydrogen-bond donors (Lipinski definition) is 1. The van der Waals surface area contributed by atoms with Gasteiger partial charge in [0, 0.05) is 4.88 Å². The molecule has 1 aromatic heterocycles. The van der Waals surface area contributed by atoms with Gasteiger partial charge in [0.05, 0.1) is 17.7 Å². The molecule has 0 unspecified atom stereocenters. The molecule has 0 spiro atoms. The summed E-state index contributed by atoms with van der Waals surface area (Å²) in [6, 6.07) is 2.70. The van der Waals surface area contributed by atoms with E-state index in [1.165, 1.54) is 11.3 Å². The average Bonchev–Trinajstić information content (AvgIpc) is 3.00. The van der Waals surface area contributed by atoms with Crippen LogP contribution in [0.25, 0.3) is 0 Å². The van der Waals surface area contributed by atoms with Gasteiger partial charge in [-0.3, -0.25) is 4.79 Å². The summed E-state index contributed by atoms with van der Waals surface area (Å²) in [5.74, 6) is -2.28. The van der Waals surface area contributed by atoms with Crippen molar-refractivity contribution in [2.75, 3.05) is 11.9 Å². The maximum Gasteiger partial charge on any atom is 0.341 e. The first-order valence-electron chi connectivity index (χ1n) is 9.02. The Bertz CT molecular complexity index is 878. The molecule has 0 aliphatic heterocycles. The largest absolute Gasteiger partial charge is 0.462 e. The second-order valence-electron chi connectivity index (χ2n) is 6.52. The summed E-state index contributed by atoms with van der Waals surface area (Å²) in [6.07, 6.45) is 3.59. The first kappa shape index (κ1) is 19.5. The number of nitrogens with one attached hydrogen (secondary N) is 1. The zero-order valence-corrected chi connectivity index (χ0v) is 16.1. The van der Waals surface area contributed by atoms with Crippen LogP contribution in [0.1, 0.15) is 57.8 Å². The molecule has 0 saturated carbocycles. The van der Waals surface area contributed by atoms with E-state index in [-0.39, 0.29) is 6.61 Å². The monoisotopic (exact) mass is 393 g/mol. The number of carbonyl (C=O) groups excluding carboxylic acids is 2. The number of benzene rings is 1. The topological polar surface area (TPSA) is 55.4 Å². The van der Waals surface area contributed by atoms with Crippen molar-refractivity contribution >= 4 is 28.2 Å². The molecular formula is C20H21F2NO3S. The highest BCUT2D eigenvalue weighted by atomic mass is 32.1.